The predicted octanol–water partition coefficient (Wildman–Crippen LogP) is 1.53. The highest BCUT2D eigenvalue weighted by Crippen LogP contribution is 2.15. The first-order valence-corrected chi connectivity index (χ1v) is 8.22. The Morgan fingerprint density at radius 3 is 2.54 bits per heavy atom. The average molecular weight is 337 g/mol. The summed E-state index contributed by atoms with van der Waals surface area (Å²) in [4.78, 5) is 22.7. The molecule has 0 heterocycles. The maximum atomic E-state index is 11.5. The summed E-state index contributed by atoms with van der Waals surface area (Å²) in [7, 11) is 1.19. The van der Waals surface area contributed by atoms with Gasteiger partial charge in [0.1, 0.15) is 0 Å². The van der Waals surface area contributed by atoms with Crippen LogP contribution in [0.2, 0.25) is 0 Å². The van der Waals surface area contributed by atoms with E-state index in [4.69, 9.17) is 15.9 Å². The fraction of sp³-hybridized carbons (Fsp3) is 0.556. The van der Waals surface area contributed by atoms with Crippen molar-refractivity contribution < 1.29 is 24.5 Å². The van der Waals surface area contributed by atoms with Gasteiger partial charge in [0.2, 0.25) is 0 Å². The van der Waals surface area contributed by atoms with Gasteiger partial charge in [-0.1, -0.05) is 37.1 Å². The van der Waals surface area contributed by atoms with Gasteiger partial charge in [-0.3, -0.25) is 9.59 Å². The number of rotatable bonds is 11. The van der Waals surface area contributed by atoms with Crippen molar-refractivity contribution in [3.8, 4) is 0 Å². The molecule has 0 spiro atoms. The summed E-state index contributed by atoms with van der Waals surface area (Å²) in [5.74, 6) is -3.08. The van der Waals surface area contributed by atoms with E-state index in [2.05, 4.69) is 4.74 Å². The van der Waals surface area contributed by atoms with Crippen molar-refractivity contribution in [1.29, 1.82) is 0 Å². The highest BCUT2D eigenvalue weighted by Gasteiger charge is 2.27. The number of esters is 1. The van der Waals surface area contributed by atoms with Crippen LogP contribution in [-0.2, 0) is 27.2 Å². The molecular formula is C18H27NO5. The van der Waals surface area contributed by atoms with Crippen LogP contribution < -0.4 is 5.73 Å². The normalized spacial score (nSPS) is 13.3. The van der Waals surface area contributed by atoms with E-state index in [1.807, 2.05) is 24.3 Å². The molecule has 0 fully saturated rings. The molecule has 1 aromatic carbocycles. The highest BCUT2D eigenvalue weighted by molar-refractivity contribution is 5.94. The molecule has 4 N–H and O–H groups in total. The molecule has 0 aliphatic carbocycles. The van der Waals surface area contributed by atoms with Gasteiger partial charge in [0.25, 0.3) is 0 Å². The van der Waals surface area contributed by atoms with Crippen LogP contribution in [0, 0.1) is 5.92 Å². The molecule has 0 aromatic heterocycles. The number of aliphatic hydroxyl groups is 1. The number of aliphatic carboxylic acids is 1. The zero-order valence-electron chi connectivity index (χ0n) is 14.1. The standard InChI is InChI=1S/C18H27NO5/c1-24-18(23)16(17(21)22)11-14-8-5-7-13(10-14)6-3-2-4-9-15(19)12-20/h5,7-8,10,15-16,20H,2-4,6,9,11-12,19H2,1H3,(H,21,22)/t15-,16?/m0/s1. The lowest BCUT2D eigenvalue weighted by molar-refractivity contribution is -0.156. The molecule has 0 amide bonds. The first kappa shape index (κ1) is 20.1. The number of aryl methyl sites for hydroxylation is 1. The summed E-state index contributed by atoms with van der Waals surface area (Å²) in [6, 6.07) is 7.50. The smallest absolute Gasteiger partial charge is 0.320 e. The second-order valence-electron chi connectivity index (χ2n) is 5.98. The molecule has 6 nitrogen and oxygen atoms in total. The quantitative estimate of drug-likeness (QED) is 0.321. The van der Waals surface area contributed by atoms with E-state index in [9.17, 15) is 9.59 Å². The maximum absolute atomic E-state index is 11.5. The van der Waals surface area contributed by atoms with Crippen molar-refractivity contribution in [2.75, 3.05) is 13.7 Å². The van der Waals surface area contributed by atoms with Crippen molar-refractivity contribution in [2.24, 2.45) is 11.7 Å². The first-order chi connectivity index (χ1) is 11.5. The maximum Gasteiger partial charge on any atom is 0.320 e. The van der Waals surface area contributed by atoms with Gasteiger partial charge in [0.05, 0.1) is 13.7 Å². The number of benzene rings is 1. The third-order valence-corrected chi connectivity index (χ3v) is 3.99. The fourth-order valence-electron chi connectivity index (χ4n) is 2.57. The minimum Gasteiger partial charge on any atom is -0.481 e. The van der Waals surface area contributed by atoms with Gasteiger partial charge in [-0.2, -0.15) is 0 Å². The molecule has 0 saturated carbocycles. The van der Waals surface area contributed by atoms with Crippen LogP contribution in [0.15, 0.2) is 24.3 Å². The molecule has 134 valence electrons. The molecule has 0 aliphatic rings. The number of methoxy groups -OCH3 is 1. The van der Waals surface area contributed by atoms with Gasteiger partial charge in [-0.15, -0.1) is 0 Å². The van der Waals surface area contributed by atoms with Crippen LogP contribution in [0.4, 0.5) is 0 Å². The average Bonchev–Trinajstić information content (AvgIpc) is 2.58. The summed E-state index contributed by atoms with van der Waals surface area (Å²) in [6.07, 6.45) is 4.83. The molecule has 0 aliphatic heterocycles. The van der Waals surface area contributed by atoms with Crippen LogP contribution >= 0.6 is 0 Å². The van der Waals surface area contributed by atoms with E-state index >= 15 is 0 Å². The lowest BCUT2D eigenvalue weighted by atomic mass is 9.96. The number of aliphatic hydroxyl groups excluding tert-OH is 1. The topological polar surface area (TPSA) is 110 Å². The number of carboxylic acids is 1. The number of hydrogen-bond donors (Lipinski definition) is 3. The van der Waals surface area contributed by atoms with Crippen LogP contribution in [0.3, 0.4) is 0 Å². The number of carbonyl (C=O) groups is 2. The molecule has 1 rings (SSSR count). The predicted molar refractivity (Wildman–Crippen MR) is 90.5 cm³/mol. The van der Waals surface area contributed by atoms with Gasteiger partial charge in [-0.25, -0.2) is 0 Å². The van der Waals surface area contributed by atoms with Gasteiger partial charge < -0.3 is 20.7 Å². The number of hydrogen-bond acceptors (Lipinski definition) is 5. The number of unbranched alkanes of at least 4 members (excludes halogenated alkanes) is 2. The Balaban J connectivity index is 2.51. The molecule has 0 bridgehead atoms. The fourth-order valence-corrected chi connectivity index (χ4v) is 2.57. The molecule has 24 heavy (non-hydrogen) atoms. The Bertz CT molecular complexity index is 532. The van der Waals surface area contributed by atoms with Crippen LogP contribution in [0.25, 0.3) is 0 Å². The van der Waals surface area contributed by atoms with Crippen molar-refractivity contribution in [3.63, 3.8) is 0 Å². The van der Waals surface area contributed by atoms with E-state index < -0.39 is 17.9 Å². The lowest BCUT2D eigenvalue weighted by Crippen LogP contribution is -2.27. The molecule has 1 unspecified atom stereocenters. The second-order valence-corrected chi connectivity index (χ2v) is 5.98. The largest absolute Gasteiger partial charge is 0.481 e. The number of carboxylic acid groups (broad SMARTS) is 1. The van der Waals surface area contributed by atoms with E-state index in [-0.39, 0.29) is 19.1 Å². The van der Waals surface area contributed by atoms with Crippen molar-refractivity contribution in [3.05, 3.63) is 35.4 Å². The Hall–Kier alpha value is -1.92. The number of nitrogens with two attached hydrogens (primary N) is 1. The minimum absolute atomic E-state index is 0.0208. The third kappa shape index (κ3) is 7.10. The molecule has 1 aromatic rings. The Kier molecular flexibility index (Phi) is 9.04. The number of carbonyl (C=O) groups excluding carboxylic acids is 1. The summed E-state index contributed by atoms with van der Waals surface area (Å²) >= 11 is 0. The monoisotopic (exact) mass is 337 g/mol. The summed E-state index contributed by atoms with van der Waals surface area (Å²) in [5.41, 5.74) is 7.59. The SMILES string of the molecule is COC(=O)C(Cc1cccc(CCCCC[C@H](N)CO)c1)C(=O)O. The van der Waals surface area contributed by atoms with Gasteiger partial charge in [0.15, 0.2) is 5.92 Å². The Labute approximate surface area is 142 Å². The molecule has 2 atom stereocenters. The minimum atomic E-state index is -1.18. The van der Waals surface area contributed by atoms with Gasteiger partial charge >= 0.3 is 11.9 Å². The summed E-state index contributed by atoms with van der Waals surface area (Å²) in [6.45, 7) is 0.0208. The van der Waals surface area contributed by atoms with E-state index in [0.717, 1.165) is 43.2 Å². The van der Waals surface area contributed by atoms with E-state index in [0.29, 0.717) is 0 Å². The molecule has 6 heteroatoms. The third-order valence-electron chi connectivity index (χ3n) is 3.99. The first-order valence-electron chi connectivity index (χ1n) is 8.22. The van der Waals surface area contributed by atoms with Crippen LogP contribution in [0.5, 0.6) is 0 Å². The van der Waals surface area contributed by atoms with Gasteiger partial charge in [0, 0.05) is 6.04 Å². The van der Waals surface area contributed by atoms with Crippen molar-refractivity contribution in [2.45, 2.75) is 44.6 Å². The van der Waals surface area contributed by atoms with Crippen molar-refractivity contribution >= 4 is 11.9 Å². The van der Waals surface area contributed by atoms with E-state index in [1.165, 1.54) is 7.11 Å². The molecule has 0 saturated heterocycles. The summed E-state index contributed by atoms with van der Waals surface area (Å²) < 4.78 is 4.55. The lowest BCUT2D eigenvalue weighted by Gasteiger charge is -2.11. The Morgan fingerprint density at radius 2 is 1.92 bits per heavy atom. The molecule has 0 radical (unpaired) electrons. The highest BCUT2D eigenvalue weighted by atomic mass is 16.5. The van der Waals surface area contributed by atoms with Crippen LogP contribution in [-0.4, -0.2) is 41.9 Å². The molecular weight excluding hydrogens is 310 g/mol. The second kappa shape index (κ2) is 10.8. The van der Waals surface area contributed by atoms with Gasteiger partial charge in [-0.05, 0) is 36.8 Å². The van der Waals surface area contributed by atoms with Crippen LogP contribution in [0.1, 0.15) is 36.8 Å². The Morgan fingerprint density at radius 1 is 1.21 bits per heavy atom. The van der Waals surface area contributed by atoms with Crippen molar-refractivity contribution in [1.82, 2.24) is 0 Å². The zero-order chi connectivity index (χ0) is 17.9. The summed E-state index contributed by atoms with van der Waals surface area (Å²) in [5, 5.41) is 18.0. The zero-order valence-corrected chi connectivity index (χ0v) is 14.1. The number of ether oxygens (including phenoxy) is 1. The van der Waals surface area contributed by atoms with E-state index in [1.54, 1.807) is 0 Å².